The van der Waals surface area contributed by atoms with Gasteiger partial charge in [-0.3, -0.25) is 0 Å². The Morgan fingerprint density at radius 2 is 1.96 bits per heavy atom. The summed E-state index contributed by atoms with van der Waals surface area (Å²) < 4.78 is 27.7. The van der Waals surface area contributed by atoms with Crippen LogP contribution < -0.4 is 5.73 Å². The molecule has 2 aromatic rings. The first-order chi connectivity index (χ1) is 11.0. The molecule has 124 valence electrons. The smallest absolute Gasteiger partial charge is 0.218 e. The molecular weight excluding hydrogens is 316 g/mol. The van der Waals surface area contributed by atoms with Gasteiger partial charge >= 0.3 is 0 Å². The molecule has 1 aliphatic heterocycles. The van der Waals surface area contributed by atoms with Crippen LogP contribution in [-0.2, 0) is 22.2 Å². The molecular formula is C15H20N4O3S. The summed E-state index contributed by atoms with van der Waals surface area (Å²) in [6, 6.07) is 5.31. The number of aromatic nitrogens is 1. The van der Waals surface area contributed by atoms with Crippen molar-refractivity contribution in [2.45, 2.75) is 25.0 Å². The minimum absolute atomic E-state index is 0.0231. The molecule has 0 saturated carbocycles. The molecule has 2 heterocycles. The first-order valence-electron chi connectivity index (χ1n) is 7.69. The Bertz CT molecular complexity index is 823. The highest BCUT2D eigenvalue weighted by Crippen LogP contribution is 2.25. The van der Waals surface area contributed by atoms with Crippen molar-refractivity contribution in [3.8, 4) is 0 Å². The predicted molar refractivity (Wildman–Crippen MR) is 89.3 cm³/mol. The topological polar surface area (TPSA) is 97.8 Å². The molecule has 0 unspecified atom stereocenters. The zero-order chi connectivity index (χ0) is 16.4. The van der Waals surface area contributed by atoms with Crippen LogP contribution in [0.5, 0.6) is 0 Å². The van der Waals surface area contributed by atoms with E-state index in [1.807, 2.05) is 6.07 Å². The van der Waals surface area contributed by atoms with Crippen LogP contribution in [0.25, 0.3) is 10.9 Å². The quantitative estimate of drug-likeness (QED) is 0.810. The van der Waals surface area contributed by atoms with Crippen LogP contribution in [0.3, 0.4) is 0 Å². The Morgan fingerprint density at radius 3 is 2.61 bits per heavy atom. The van der Waals surface area contributed by atoms with E-state index in [1.54, 1.807) is 22.6 Å². The monoisotopic (exact) mass is 336 g/mol. The number of nitrogens with two attached hydrogens (primary N) is 1. The Hall–Kier alpha value is -1.77. The molecule has 0 amide bonds. The third-order valence-electron chi connectivity index (χ3n) is 4.24. The van der Waals surface area contributed by atoms with E-state index in [1.165, 1.54) is 4.68 Å². The zero-order valence-electron chi connectivity index (χ0n) is 12.8. The van der Waals surface area contributed by atoms with E-state index in [-0.39, 0.29) is 5.75 Å². The van der Waals surface area contributed by atoms with Crippen molar-refractivity contribution in [3.05, 3.63) is 40.4 Å². The van der Waals surface area contributed by atoms with Crippen LogP contribution in [0.1, 0.15) is 24.0 Å². The van der Waals surface area contributed by atoms with Crippen molar-refractivity contribution in [2.24, 2.45) is 11.0 Å². The summed E-state index contributed by atoms with van der Waals surface area (Å²) >= 11 is 0. The van der Waals surface area contributed by atoms with Gasteiger partial charge in [0, 0.05) is 24.7 Å². The lowest BCUT2D eigenvalue weighted by molar-refractivity contribution is 0.476. The molecule has 1 fully saturated rings. The maximum absolute atomic E-state index is 12.4. The molecule has 1 aromatic heterocycles. The van der Waals surface area contributed by atoms with Gasteiger partial charge in [0.15, 0.2) is 0 Å². The molecule has 0 bridgehead atoms. The number of nitrogens with zero attached hydrogens (tertiary/aromatic N) is 3. The minimum Gasteiger partial charge on any atom is -0.330 e. The molecule has 7 nitrogen and oxygen atoms in total. The number of hydrogen-bond acceptors (Lipinski definition) is 5. The normalized spacial score (nSPS) is 16.2. The second-order valence-electron chi connectivity index (χ2n) is 5.83. The molecule has 1 saturated heterocycles. The van der Waals surface area contributed by atoms with Gasteiger partial charge in [0.05, 0.1) is 16.6 Å². The molecule has 0 spiro atoms. The highest BCUT2D eigenvalue weighted by molar-refractivity contribution is 7.88. The molecule has 0 radical (unpaired) electrons. The van der Waals surface area contributed by atoms with Gasteiger partial charge in [-0.1, -0.05) is 6.07 Å². The van der Waals surface area contributed by atoms with E-state index in [9.17, 15) is 13.3 Å². The van der Waals surface area contributed by atoms with Gasteiger partial charge in [-0.15, -0.1) is 4.91 Å². The summed E-state index contributed by atoms with van der Waals surface area (Å²) in [6.07, 6.45) is 4.12. The number of rotatable bonds is 6. The fourth-order valence-electron chi connectivity index (χ4n) is 3.11. The Balaban J connectivity index is 1.96. The Morgan fingerprint density at radius 1 is 1.22 bits per heavy atom. The van der Waals surface area contributed by atoms with Gasteiger partial charge in [-0.05, 0) is 49.1 Å². The highest BCUT2D eigenvalue weighted by Gasteiger charge is 2.25. The fraction of sp³-hybridized carbons (Fsp3) is 0.467. The Labute approximate surface area is 135 Å². The number of hydrogen-bond donors (Lipinski definition) is 1. The minimum atomic E-state index is -3.29. The average Bonchev–Trinajstić information content (AvgIpc) is 3.16. The number of nitroso groups, excluding NO2 is 1. The molecule has 0 atom stereocenters. The summed E-state index contributed by atoms with van der Waals surface area (Å²) in [5.74, 6) is -0.0231. The maximum Gasteiger partial charge on any atom is 0.218 e. The van der Waals surface area contributed by atoms with Crippen LogP contribution in [0.4, 0.5) is 0 Å². The second kappa shape index (κ2) is 6.38. The van der Waals surface area contributed by atoms with Gasteiger partial charge in [0.2, 0.25) is 10.0 Å². The highest BCUT2D eigenvalue weighted by atomic mass is 32.2. The molecule has 8 heteroatoms. The van der Waals surface area contributed by atoms with Crippen LogP contribution in [0.2, 0.25) is 0 Å². The summed E-state index contributed by atoms with van der Waals surface area (Å²) in [6.45, 7) is 1.66. The lowest BCUT2D eigenvalue weighted by atomic mass is 10.1. The van der Waals surface area contributed by atoms with Crippen molar-refractivity contribution in [1.82, 2.24) is 8.98 Å². The summed E-state index contributed by atoms with van der Waals surface area (Å²) in [4.78, 5) is 10.9. The number of sulfonamides is 1. The van der Waals surface area contributed by atoms with Crippen LogP contribution in [0, 0.1) is 4.91 Å². The van der Waals surface area contributed by atoms with E-state index in [0.29, 0.717) is 37.1 Å². The van der Waals surface area contributed by atoms with E-state index in [0.717, 1.165) is 23.8 Å². The van der Waals surface area contributed by atoms with E-state index < -0.39 is 10.0 Å². The van der Waals surface area contributed by atoms with E-state index in [2.05, 4.69) is 5.29 Å². The fourth-order valence-corrected chi connectivity index (χ4v) is 4.71. The van der Waals surface area contributed by atoms with Gasteiger partial charge < -0.3 is 5.73 Å². The molecule has 0 aliphatic carbocycles. The molecule has 1 aliphatic rings. The summed E-state index contributed by atoms with van der Waals surface area (Å²) in [5, 5.41) is 3.81. The third-order valence-corrected chi connectivity index (χ3v) is 6.09. The first kappa shape index (κ1) is 16.1. The second-order valence-corrected chi connectivity index (χ2v) is 7.80. The van der Waals surface area contributed by atoms with Crippen molar-refractivity contribution in [2.75, 3.05) is 19.6 Å². The SMILES string of the molecule is NCCc1cn(N=O)c2ccc(CS(=O)(=O)N3CCCC3)cc12. The maximum atomic E-state index is 12.4. The molecule has 23 heavy (non-hydrogen) atoms. The summed E-state index contributed by atoms with van der Waals surface area (Å²) in [7, 11) is -3.29. The standard InChI is InChI=1S/C15H20N4O3S/c16-6-5-13-10-19(17-20)15-4-3-12(9-14(13)15)11-23(21,22)18-7-1-2-8-18/h3-4,9-10H,1-2,5-8,11,16H2. The lowest BCUT2D eigenvalue weighted by Gasteiger charge is -2.15. The van der Waals surface area contributed by atoms with Gasteiger partial charge in [0.25, 0.3) is 0 Å². The largest absolute Gasteiger partial charge is 0.330 e. The van der Waals surface area contributed by atoms with Gasteiger partial charge in [-0.2, -0.15) is 0 Å². The molecule has 3 rings (SSSR count). The number of benzene rings is 1. The zero-order valence-corrected chi connectivity index (χ0v) is 13.6. The Kier molecular flexibility index (Phi) is 4.47. The van der Waals surface area contributed by atoms with Gasteiger partial charge in [-0.25, -0.2) is 17.4 Å². The van der Waals surface area contributed by atoms with E-state index >= 15 is 0 Å². The average molecular weight is 336 g/mol. The summed E-state index contributed by atoms with van der Waals surface area (Å²) in [5.41, 5.74) is 7.90. The van der Waals surface area contributed by atoms with Crippen LogP contribution in [0.15, 0.2) is 29.7 Å². The van der Waals surface area contributed by atoms with Crippen LogP contribution in [-0.4, -0.2) is 37.0 Å². The third kappa shape index (κ3) is 3.15. The van der Waals surface area contributed by atoms with Crippen molar-refractivity contribution >= 4 is 20.9 Å². The van der Waals surface area contributed by atoms with Crippen molar-refractivity contribution < 1.29 is 8.42 Å². The van der Waals surface area contributed by atoms with Crippen LogP contribution >= 0.6 is 0 Å². The van der Waals surface area contributed by atoms with Gasteiger partial charge in [0.1, 0.15) is 0 Å². The number of fused-ring (bicyclic) bond motifs is 1. The molecule has 2 N–H and O–H groups in total. The predicted octanol–water partition coefficient (Wildman–Crippen LogP) is 1.60. The molecule has 1 aromatic carbocycles. The van der Waals surface area contributed by atoms with E-state index in [4.69, 9.17) is 5.73 Å². The van der Waals surface area contributed by atoms with Crippen molar-refractivity contribution in [1.29, 1.82) is 0 Å². The first-order valence-corrected chi connectivity index (χ1v) is 9.30. The van der Waals surface area contributed by atoms with Crippen molar-refractivity contribution in [3.63, 3.8) is 0 Å². The lowest BCUT2D eigenvalue weighted by Crippen LogP contribution is -2.29.